The van der Waals surface area contributed by atoms with Crippen molar-refractivity contribution in [3.8, 4) is 0 Å². The van der Waals surface area contributed by atoms with Crippen LogP contribution in [0.1, 0.15) is 23.2 Å². The van der Waals surface area contributed by atoms with Gasteiger partial charge < -0.3 is 14.7 Å². The van der Waals surface area contributed by atoms with Gasteiger partial charge in [-0.1, -0.05) is 0 Å². The molecule has 20 heavy (non-hydrogen) atoms. The molecule has 0 amide bonds. The zero-order chi connectivity index (χ0) is 14.7. The summed E-state index contributed by atoms with van der Waals surface area (Å²) in [7, 11) is 1.75. The molecular formula is C12H15N3O5. The maximum absolute atomic E-state index is 11.1. The van der Waals surface area contributed by atoms with Crippen LogP contribution in [0.5, 0.6) is 0 Å². The lowest BCUT2D eigenvalue weighted by atomic mass is 10.2. The summed E-state index contributed by atoms with van der Waals surface area (Å²) in [4.78, 5) is 26.8. The van der Waals surface area contributed by atoms with E-state index in [0.717, 1.165) is 25.6 Å². The lowest BCUT2D eigenvalue weighted by Gasteiger charge is -2.21. The predicted octanol–water partition coefficient (Wildman–Crippen LogP) is 1.30. The summed E-state index contributed by atoms with van der Waals surface area (Å²) in [5, 5.41) is 19.8. The molecule has 1 saturated heterocycles. The van der Waals surface area contributed by atoms with Gasteiger partial charge in [-0.2, -0.15) is 0 Å². The number of rotatable bonds is 5. The zero-order valence-corrected chi connectivity index (χ0v) is 11.0. The number of ether oxygens (including phenoxy) is 1. The molecule has 8 nitrogen and oxygen atoms in total. The number of likely N-dealkylation sites (N-methyl/N-ethyl adjacent to an activating group) is 1. The predicted molar refractivity (Wildman–Crippen MR) is 70.1 cm³/mol. The van der Waals surface area contributed by atoms with Gasteiger partial charge in [-0.15, -0.1) is 0 Å². The van der Waals surface area contributed by atoms with E-state index in [2.05, 4.69) is 4.98 Å². The van der Waals surface area contributed by atoms with Crippen LogP contribution < -0.4 is 4.90 Å². The Hall–Kier alpha value is -2.22. The third-order valence-corrected chi connectivity index (χ3v) is 3.19. The van der Waals surface area contributed by atoms with E-state index in [9.17, 15) is 14.9 Å². The Bertz CT molecular complexity index is 528. The maximum atomic E-state index is 11.1. The SMILES string of the molecule is CN(CC1CCCO1)c1cc(C(=O)O)c([N+](=O)[O-])cn1. The van der Waals surface area contributed by atoms with Crippen molar-refractivity contribution >= 4 is 17.5 Å². The number of hydrogen-bond donors (Lipinski definition) is 1. The van der Waals surface area contributed by atoms with Gasteiger partial charge in [0.1, 0.15) is 17.6 Å². The second kappa shape index (κ2) is 5.83. The highest BCUT2D eigenvalue weighted by molar-refractivity contribution is 5.93. The molecule has 1 aliphatic rings. The number of nitro groups is 1. The average molecular weight is 281 g/mol. The molecule has 0 saturated carbocycles. The molecule has 108 valence electrons. The van der Waals surface area contributed by atoms with Crippen LogP contribution >= 0.6 is 0 Å². The second-order valence-corrected chi connectivity index (χ2v) is 4.64. The van der Waals surface area contributed by atoms with E-state index in [-0.39, 0.29) is 11.7 Å². The van der Waals surface area contributed by atoms with Crippen LogP contribution in [0.2, 0.25) is 0 Å². The molecule has 0 aliphatic carbocycles. The van der Waals surface area contributed by atoms with Crippen LogP contribution in [0.25, 0.3) is 0 Å². The quantitative estimate of drug-likeness (QED) is 0.640. The monoisotopic (exact) mass is 281 g/mol. The van der Waals surface area contributed by atoms with E-state index in [1.54, 1.807) is 11.9 Å². The first-order valence-electron chi connectivity index (χ1n) is 6.19. The minimum absolute atomic E-state index is 0.0882. The van der Waals surface area contributed by atoms with Gasteiger partial charge in [-0.3, -0.25) is 10.1 Å². The number of anilines is 1. The number of aromatic carboxylic acids is 1. The summed E-state index contributed by atoms with van der Waals surface area (Å²) < 4.78 is 5.49. The van der Waals surface area contributed by atoms with E-state index < -0.39 is 16.6 Å². The number of hydrogen-bond acceptors (Lipinski definition) is 6. The van der Waals surface area contributed by atoms with Gasteiger partial charge >= 0.3 is 11.7 Å². The van der Waals surface area contributed by atoms with Gasteiger partial charge in [-0.05, 0) is 12.8 Å². The first kappa shape index (κ1) is 14.2. The minimum Gasteiger partial charge on any atom is -0.477 e. The second-order valence-electron chi connectivity index (χ2n) is 4.64. The summed E-state index contributed by atoms with van der Waals surface area (Å²) in [5.41, 5.74) is -0.869. The molecule has 1 unspecified atom stereocenters. The van der Waals surface area contributed by atoms with Crippen LogP contribution in [-0.4, -0.2) is 47.3 Å². The summed E-state index contributed by atoms with van der Waals surface area (Å²) in [6.45, 7) is 1.30. The Balaban J connectivity index is 2.21. The fourth-order valence-corrected chi connectivity index (χ4v) is 2.15. The number of carboxylic acid groups (broad SMARTS) is 1. The number of pyridine rings is 1. The third-order valence-electron chi connectivity index (χ3n) is 3.19. The topological polar surface area (TPSA) is 106 Å². The molecule has 1 atom stereocenters. The highest BCUT2D eigenvalue weighted by Crippen LogP contribution is 2.23. The van der Waals surface area contributed by atoms with Crippen molar-refractivity contribution < 1.29 is 19.6 Å². The molecule has 1 aliphatic heterocycles. The van der Waals surface area contributed by atoms with Gasteiger partial charge in [0.25, 0.3) is 0 Å². The van der Waals surface area contributed by atoms with E-state index >= 15 is 0 Å². The maximum Gasteiger partial charge on any atom is 0.342 e. The molecular weight excluding hydrogens is 266 g/mol. The molecule has 0 aromatic carbocycles. The summed E-state index contributed by atoms with van der Waals surface area (Å²) >= 11 is 0. The largest absolute Gasteiger partial charge is 0.477 e. The number of aromatic nitrogens is 1. The smallest absolute Gasteiger partial charge is 0.342 e. The van der Waals surface area contributed by atoms with E-state index in [1.807, 2.05) is 0 Å². The van der Waals surface area contributed by atoms with Crippen LogP contribution in [-0.2, 0) is 4.74 Å². The van der Waals surface area contributed by atoms with Crippen molar-refractivity contribution in [3.63, 3.8) is 0 Å². The first-order chi connectivity index (χ1) is 9.49. The van der Waals surface area contributed by atoms with Crippen molar-refractivity contribution in [1.82, 2.24) is 4.98 Å². The van der Waals surface area contributed by atoms with Gasteiger partial charge in [0, 0.05) is 26.3 Å². The van der Waals surface area contributed by atoms with Crippen LogP contribution in [0, 0.1) is 10.1 Å². The summed E-state index contributed by atoms with van der Waals surface area (Å²) in [6.07, 6.45) is 3.02. The number of carbonyl (C=O) groups is 1. The molecule has 2 rings (SSSR count). The van der Waals surface area contributed by atoms with Crippen LogP contribution in [0.3, 0.4) is 0 Å². The van der Waals surface area contributed by atoms with Gasteiger partial charge in [0.05, 0.1) is 11.0 Å². The van der Waals surface area contributed by atoms with Crippen molar-refractivity contribution in [1.29, 1.82) is 0 Å². The number of nitrogens with zero attached hydrogens (tertiary/aromatic N) is 3. The lowest BCUT2D eigenvalue weighted by molar-refractivity contribution is -0.385. The fourth-order valence-electron chi connectivity index (χ4n) is 2.15. The average Bonchev–Trinajstić information content (AvgIpc) is 2.90. The van der Waals surface area contributed by atoms with E-state index in [4.69, 9.17) is 9.84 Å². The minimum atomic E-state index is -1.34. The molecule has 1 fully saturated rings. The highest BCUT2D eigenvalue weighted by atomic mass is 16.6. The fraction of sp³-hybridized carbons (Fsp3) is 0.500. The highest BCUT2D eigenvalue weighted by Gasteiger charge is 2.23. The third kappa shape index (κ3) is 3.02. The van der Waals surface area contributed by atoms with E-state index in [1.165, 1.54) is 6.07 Å². The van der Waals surface area contributed by atoms with Crippen LogP contribution in [0.15, 0.2) is 12.3 Å². The van der Waals surface area contributed by atoms with E-state index in [0.29, 0.717) is 12.4 Å². The molecule has 8 heteroatoms. The van der Waals surface area contributed by atoms with Gasteiger partial charge in [-0.25, -0.2) is 9.78 Å². The van der Waals surface area contributed by atoms with Gasteiger partial charge in [0.15, 0.2) is 0 Å². The first-order valence-corrected chi connectivity index (χ1v) is 6.19. The Morgan fingerprint density at radius 1 is 1.70 bits per heavy atom. The molecule has 0 spiro atoms. The van der Waals surface area contributed by atoms with Crippen LogP contribution in [0.4, 0.5) is 11.5 Å². The van der Waals surface area contributed by atoms with Gasteiger partial charge in [0.2, 0.25) is 0 Å². The molecule has 0 bridgehead atoms. The Morgan fingerprint density at radius 2 is 2.45 bits per heavy atom. The Labute approximate surface area is 115 Å². The van der Waals surface area contributed by atoms with Crippen molar-refractivity contribution in [3.05, 3.63) is 27.9 Å². The zero-order valence-electron chi connectivity index (χ0n) is 11.0. The molecule has 2 heterocycles. The van der Waals surface area contributed by atoms with Crippen molar-refractivity contribution in [2.24, 2.45) is 0 Å². The van der Waals surface area contributed by atoms with Crippen molar-refractivity contribution in [2.45, 2.75) is 18.9 Å². The summed E-state index contributed by atoms with van der Waals surface area (Å²) in [5.74, 6) is -0.964. The molecule has 0 radical (unpaired) electrons. The normalized spacial score (nSPS) is 17.9. The Morgan fingerprint density at radius 3 is 3.00 bits per heavy atom. The molecule has 1 aromatic heterocycles. The molecule has 1 aromatic rings. The Kier molecular flexibility index (Phi) is 4.14. The van der Waals surface area contributed by atoms with Crippen molar-refractivity contribution in [2.75, 3.05) is 25.1 Å². The molecule has 1 N–H and O–H groups in total. The standard InChI is InChI=1S/C12H15N3O5/c1-14(7-8-3-2-4-20-8)11-5-9(12(16)17)10(6-13-11)15(18)19/h5-6,8H,2-4,7H2,1H3,(H,16,17). The summed E-state index contributed by atoms with van der Waals surface area (Å²) in [6, 6.07) is 1.22. The number of carboxylic acids is 1. The lowest BCUT2D eigenvalue weighted by Crippen LogP contribution is -2.29.